The minimum absolute atomic E-state index is 0.0938. The number of fused-ring (bicyclic) bond motifs is 1. The van der Waals surface area contributed by atoms with Crippen LogP contribution in [0, 0.1) is 16.7 Å². The summed E-state index contributed by atoms with van der Waals surface area (Å²) < 4.78 is 0. The van der Waals surface area contributed by atoms with E-state index in [2.05, 4.69) is 10.6 Å². The van der Waals surface area contributed by atoms with E-state index in [1.165, 1.54) is 16.7 Å². The van der Waals surface area contributed by atoms with Crippen molar-refractivity contribution in [2.75, 3.05) is 43.4 Å². The molecule has 1 heterocycles. The van der Waals surface area contributed by atoms with Crippen LogP contribution in [-0.2, 0) is 14.4 Å². The first-order valence-corrected chi connectivity index (χ1v) is 11.7. The second kappa shape index (κ2) is 9.79. The molecular weight excluding hydrogens is 430 g/mol. The Hall–Kier alpha value is -2.77. The molecule has 3 N–H and O–H groups in total. The molecule has 1 aromatic rings. The standard InChI is InChI=1S/C22H29N5O4S/c1-4-26(5-2)12-17(28)25-15-9-7-8-14(10-15)24-11-16-20(29)27(6-3)18-19(32-16)22(18,13-23)21(30)31/h7-10,16,18-19,24H,4-6,11-12H2,1-3H3,(H,25,28)(H,30,31). The molecule has 32 heavy (non-hydrogen) atoms. The summed E-state index contributed by atoms with van der Waals surface area (Å²) in [4.78, 5) is 40.4. The zero-order valence-corrected chi connectivity index (χ0v) is 19.3. The maximum atomic E-state index is 12.9. The molecule has 4 atom stereocenters. The van der Waals surface area contributed by atoms with Crippen LogP contribution in [0.5, 0.6) is 0 Å². The van der Waals surface area contributed by atoms with Gasteiger partial charge in [0.25, 0.3) is 0 Å². The third-order valence-electron chi connectivity index (χ3n) is 6.08. The predicted molar refractivity (Wildman–Crippen MR) is 123 cm³/mol. The van der Waals surface area contributed by atoms with Crippen molar-refractivity contribution in [3.05, 3.63) is 24.3 Å². The van der Waals surface area contributed by atoms with Gasteiger partial charge in [0.15, 0.2) is 5.41 Å². The van der Waals surface area contributed by atoms with E-state index in [4.69, 9.17) is 0 Å². The average molecular weight is 460 g/mol. The van der Waals surface area contributed by atoms with Gasteiger partial charge in [-0.2, -0.15) is 5.26 Å². The molecule has 1 saturated carbocycles. The van der Waals surface area contributed by atoms with E-state index in [-0.39, 0.29) is 11.8 Å². The first-order valence-electron chi connectivity index (χ1n) is 10.8. The van der Waals surface area contributed by atoms with Gasteiger partial charge in [0.05, 0.1) is 23.9 Å². The summed E-state index contributed by atoms with van der Waals surface area (Å²) in [6, 6.07) is 8.61. The number of hydrogen-bond donors (Lipinski definition) is 3. The maximum absolute atomic E-state index is 12.9. The number of nitriles is 1. The SMILES string of the molecule is CCN(CC)CC(=O)Nc1cccc(NCC2SC3C(N(CC)C2=O)C3(C#N)C(=O)O)c1. The lowest BCUT2D eigenvalue weighted by molar-refractivity contribution is -0.142. The molecule has 0 spiro atoms. The highest BCUT2D eigenvalue weighted by atomic mass is 32.2. The number of nitrogens with zero attached hydrogens (tertiary/aromatic N) is 3. The molecule has 3 rings (SSSR count). The highest BCUT2D eigenvalue weighted by molar-refractivity contribution is 8.01. The Morgan fingerprint density at radius 3 is 2.56 bits per heavy atom. The summed E-state index contributed by atoms with van der Waals surface area (Å²) in [5, 5.41) is 24.3. The van der Waals surface area contributed by atoms with E-state index in [1.54, 1.807) is 19.1 Å². The highest BCUT2D eigenvalue weighted by Gasteiger charge is 2.77. The van der Waals surface area contributed by atoms with Crippen LogP contribution in [0.15, 0.2) is 24.3 Å². The van der Waals surface area contributed by atoms with Crippen LogP contribution in [0.3, 0.4) is 0 Å². The quantitative estimate of drug-likeness (QED) is 0.483. The van der Waals surface area contributed by atoms with Crippen LogP contribution < -0.4 is 10.6 Å². The molecule has 0 radical (unpaired) electrons. The number of amides is 2. The number of anilines is 2. The van der Waals surface area contributed by atoms with Crippen molar-refractivity contribution in [3.63, 3.8) is 0 Å². The second-order valence-electron chi connectivity index (χ2n) is 7.87. The number of thioether (sulfide) groups is 1. The molecule has 1 aromatic carbocycles. The molecular formula is C22H29N5O4S. The molecule has 2 aliphatic rings. The summed E-state index contributed by atoms with van der Waals surface area (Å²) in [5.41, 5.74) is -0.133. The van der Waals surface area contributed by atoms with E-state index in [0.717, 1.165) is 18.8 Å². The van der Waals surface area contributed by atoms with Gasteiger partial charge in [0.2, 0.25) is 11.8 Å². The molecule has 0 aromatic heterocycles. The Bertz CT molecular complexity index is 931. The highest BCUT2D eigenvalue weighted by Crippen LogP contribution is 2.60. The Morgan fingerprint density at radius 2 is 1.97 bits per heavy atom. The van der Waals surface area contributed by atoms with Gasteiger partial charge >= 0.3 is 5.97 Å². The third kappa shape index (κ3) is 4.40. The molecule has 9 nitrogen and oxygen atoms in total. The minimum atomic E-state index is -1.53. The normalized spacial score (nSPS) is 26.3. The fourth-order valence-corrected chi connectivity index (χ4v) is 5.89. The molecule has 172 valence electrons. The Balaban J connectivity index is 1.63. The number of carboxylic acid groups (broad SMARTS) is 1. The number of rotatable bonds is 10. The fraction of sp³-hybridized carbons (Fsp3) is 0.545. The zero-order valence-electron chi connectivity index (χ0n) is 18.5. The van der Waals surface area contributed by atoms with Crippen LogP contribution in [0.2, 0.25) is 0 Å². The third-order valence-corrected chi connectivity index (χ3v) is 7.70. The number of carboxylic acids is 1. The molecule has 1 aliphatic carbocycles. The largest absolute Gasteiger partial charge is 0.480 e. The molecule has 0 bridgehead atoms. The second-order valence-corrected chi connectivity index (χ2v) is 9.22. The topological polar surface area (TPSA) is 126 Å². The fourth-order valence-electron chi connectivity index (χ4n) is 4.17. The lowest BCUT2D eigenvalue weighted by atomic mass is 10.1. The zero-order chi connectivity index (χ0) is 23.5. The van der Waals surface area contributed by atoms with Gasteiger partial charge in [0.1, 0.15) is 5.25 Å². The Labute approximate surface area is 192 Å². The smallest absolute Gasteiger partial charge is 0.327 e. The number of carbonyl (C=O) groups is 3. The van der Waals surface area contributed by atoms with Crippen LogP contribution in [0.4, 0.5) is 11.4 Å². The number of nitrogens with one attached hydrogen (secondary N) is 2. The van der Waals surface area contributed by atoms with Gasteiger partial charge in [-0.25, -0.2) is 0 Å². The number of hydrogen-bond acceptors (Lipinski definition) is 7. The van der Waals surface area contributed by atoms with Crippen LogP contribution in [0.25, 0.3) is 0 Å². The van der Waals surface area contributed by atoms with Crippen molar-refractivity contribution in [2.24, 2.45) is 5.41 Å². The molecule has 2 amide bonds. The lowest BCUT2D eigenvalue weighted by Gasteiger charge is -2.30. The predicted octanol–water partition coefficient (Wildman–Crippen LogP) is 1.69. The van der Waals surface area contributed by atoms with Crippen molar-refractivity contribution in [3.8, 4) is 6.07 Å². The van der Waals surface area contributed by atoms with Gasteiger partial charge in [-0.3, -0.25) is 19.3 Å². The van der Waals surface area contributed by atoms with Gasteiger partial charge in [-0.15, -0.1) is 11.8 Å². The van der Waals surface area contributed by atoms with E-state index in [1.807, 2.05) is 36.9 Å². The van der Waals surface area contributed by atoms with E-state index in [9.17, 15) is 24.8 Å². The van der Waals surface area contributed by atoms with Crippen molar-refractivity contribution in [1.29, 1.82) is 5.26 Å². The van der Waals surface area contributed by atoms with E-state index < -0.39 is 27.9 Å². The van der Waals surface area contributed by atoms with Crippen molar-refractivity contribution >= 4 is 40.9 Å². The van der Waals surface area contributed by atoms with Gasteiger partial charge < -0.3 is 20.6 Å². The monoisotopic (exact) mass is 459 g/mol. The van der Waals surface area contributed by atoms with Crippen LogP contribution in [0.1, 0.15) is 20.8 Å². The summed E-state index contributed by atoms with van der Waals surface area (Å²) in [5.74, 6) is -1.42. The molecule has 1 saturated heterocycles. The number of likely N-dealkylation sites (N-methyl/N-ethyl adjacent to an activating group) is 1. The number of benzene rings is 1. The summed E-state index contributed by atoms with van der Waals surface area (Å²) in [7, 11) is 0. The minimum Gasteiger partial charge on any atom is -0.480 e. The molecule has 10 heteroatoms. The first kappa shape index (κ1) is 23.9. The number of aliphatic carboxylic acids is 1. The van der Waals surface area contributed by atoms with Gasteiger partial charge in [-0.05, 0) is 38.2 Å². The molecule has 4 unspecified atom stereocenters. The van der Waals surface area contributed by atoms with Crippen LogP contribution >= 0.6 is 11.8 Å². The van der Waals surface area contributed by atoms with Gasteiger partial charge in [0, 0.05) is 24.5 Å². The van der Waals surface area contributed by atoms with Crippen LogP contribution in [-0.4, -0.2) is 82.0 Å². The molecule has 1 aliphatic heterocycles. The average Bonchev–Trinajstić information content (AvgIpc) is 3.44. The van der Waals surface area contributed by atoms with Gasteiger partial charge in [-0.1, -0.05) is 19.9 Å². The lowest BCUT2D eigenvalue weighted by Crippen LogP contribution is -2.46. The van der Waals surface area contributed by atoms with Crippen molar-refractivity contribution < 1.29 is 19.5 Å². The van der Waals surface area contributed by atoms with Crippen molar-refractivity contribution in [2.45, 2.75) is 37.3 Å². The maximum Gasteiger partial charge on any atom is 0.327 e. The Kier molecular flexibility index (Phi) is 7.31. The molecule has 2 fully saturated rings. The Morgan fingerprint density at radius 1 is 1.28 bits per heavy atom. The number of carbonyl (C=O) groups excluding carboxylic acids is 2. The summed E-state index contributed by atoms with van der Waals surface area (Å²) in [6.45, 7) is 8.37. The van der Waals surface area contributed by atoms with Crippen molar-refractivity contribution in [1.82, 2.24) is 9.80 Å². The summed E-state index contributed by atoms with van der Waals surface area (Å²) in [6.07, 6.45) is 0. The van der Waals surface area contributed by atoms with E-state index in [0.29, 0.717) is 25.3 Å². The first-order chi connectivity index (χ1) is 15.3. The van der Waals surface area contributed by atoms with E-state index >= 15 is 0 Å². The summed E-state index contributed by atoms with van der Waals surface area (Å²) >= 11 is 1.26.